The summed E-state index contributed by atoms with van der Waals surface area (Å²) in [4.78, 5) is 17.6. The van der Waals surface area contributed by atoms with Crippen molar-refractivity contribution < 1.29 is 9.53 Å². The molecule has 0 aliphatic rings. The molecule has 0 radical (unpaired) electrons. The van der Waals surface area contributed by atoms with E-state index in [4.69, 9.17) is 16.3 Å². The molecule has 124 valence electrons. The van der Waals surface area contributed by atoms with Gasteiger partial charge in [0.1, 0.15) is 16.6 Å². The van der Waals surface area contributed by atoms with Gasteiger partial charge in [-0.05, 0) is 19.1 Å². The molecular formula is C15H12ClN3O2S3. The van der Waals surface area contributed by atoms with Gasteiger partial charge >= 0.3 is 5.97 Å². The van der Waals surface area contributed by atoms with Crippen LogP contribution in [-0.2, 0) is 17.1 Å². The monoisotopic (exact) mass is 397 g/mol. The Labute approximate surface area is 156 Å². The number of aromatic nitrogens is 3. The number of hydrogen-bond donors (Lipinski definition) is 0. The first kappa shape index (κ1) is 17.3. The minimum Gasteiger partial charge on any atom is -0.455 e. The normalized spacial score (nSPS) is 10.8. The van der Waals surface area contributed by atoms with Crippen molar-refractivity contribution in [3.8, 4) is 0 Å². The quantitative estimate of drug-likeness (QED) is 0.447. The SMILES string of the molecule is Cc1nc(CSc2ccccc2C(=O)OCc2nnsc2Cl)cs1. The van der Waals surface area contributed by atoms with Crippen LogP contribution in [0.1, 0.15) is 26.8 Å². The third-order valence-electron chi connectivity index (χ3n) is 3.00. The van der Waals surface area contributed by atoms with Crippen LogP contribution in [0, 0.1) is 6.92 Å². The summed E-state index contributed by atoms with van der Waals surface area (Å²) >= 11 is 10.2. The Kier molecular flexibility index (Phi) is 5.83. The van der Waals surface area contributed by atoms with E-state index in [1.165, 1.54) is 0 Å². The lowest BCUT2D eigenvalue weighted by Crippen LogP contribution is -2.07. The summed E-state index contributed by atoms with van der Waals surface area (Å²) in [5, 5.41) is 6.89. The smallest absolute Gasteiger partial charge is 0.339 e. The highest BCUT2D eigenvalue weighted by atomic mass is 35.5. The molecule has 0 spiro atoms. The summed E-state index contributed by atoms with van der Waals surface area (Å²) in [6.07, 6.45) is 0. The second kappa shape index (κ2) is 8.06. The second-order valence-electron chi connectivity index (χ2n) is 4.71. The van der Waals surface area contributed by atoms with Gasteiger partial charge in [-0.25, -0.2) is 9.78 Å². The highest BCUT2D eigenvalue weighted by Crippen LogP contribution is 2.28. The molecular weight excluding hydrogens is 386 g/mol. The zero-order chi connectivity index (χ0) is 16.9. The Bertz CT molecular complexity index is 850. The molecule has 0 aliphatic carbocycles. The first-order valence-corrected chi connectivity index (χ1v) is 9.92. The minimum atomic E-state index is -0.406. The molecule has 0 saturated heterocycles. The Hall–Kier alpha value is -1.48. The van der Waals surface area contributed by atoms with E-state index in [-0.39, 0.29) is 6.61 Å². The predicted molar refractivity (Wildman–Crippen MR) is 96.9 cm³/mol. The number of thioether (sulfide) groups is 1. The molecule has 1 aromatic carbocycles. The molecule has 9 heteroatoms. The molecule has 0 bridgehead atoms. The summed E-state index contributed by atoms with van der Waals surface area (Å²) in [5.41, 5.74) is 2.00. The number of benzene rings is 1. The van der Waals surface area contributed by atoms with Crippen LogP contribution >= 0.6 is 46.2 Å². The molecule has 24 heavy (non-hydrogen) atoms. The van der Waals surface area contributed by atoms with Gasteiger partial charge in [0, 0.05) is 27.6 Å². The standard InChI is InChI=1S/C15H12ClN3O2S3/c1-9-17-10(7-22-9)8-23-13-5-3-2-4-11(13)15(20)21-6-12-14(16)24-19-18-12/h2-5,7H,6,8H2,1H3. The summed E-state index contributed by atoms with van der Waals surface area (Å²) in [7, 11) is 0. The largest absolute Gasteiger partial charge is 0.455 e. The van der Waals surface area contributed by atoms with E-state index in [9.17, 15) is 4.79 Å². The highest BCUT2D eigenvalue weighted by Gasteiger charge is 2.15. The Balaban J connectivity index is 1.66. The first-order chi connectivity index (χ1) is 11.6. The van der Waals surface area contributed by atoms with Gasteiger partial charge in [0.05, 0.1) is 16.3 Å². The molecule has 2 aromatic heterocycles. The maximum Gasteiger partial charge on any atom is 0.339 e. The van der Waals surface area contributed by atoms with Crippen LogP contribution < -0.4 is 0 Å². The maximum atomic E-state index is 12.4. The Morgan fingerprint density at radius 1 is 1.38 bits per heavy atom. The molecule has 5 nitrogen and oxygen atoms in total. The predicted octanol–water partition coefficient (Wildman–Crippen LogP) is 4.61. The number of esters is 1. The Morgan fingerprint density at radius 2 is 2.21 bits per heavy atom. The third kappa shape index (κ3) is 4.32. The van der Waals surface area contributed by atoms with E-state index < -0.39 is 5.97 Å². The molecule has 0 unspecified atom stereocenters. The topological polar surface area (TPSA) is 65.0 Å². The molecule has 0 saturated carbocycles. The summed E-state index contributed by atoms with van der Waals surface area (Å²) in [6, 6.07) is 7.35. The van der Waals surface area contributed by atoms with Gasteiger partial charge in [-0.1, -0.05) is 28.2 Å². The van der Waals surface area contributed by atoms with E-state index in [0.717, 1.165) is 27.1 Å². The van der Waals surface area contributed by atoms with E-state index >= 15 is 0 Å². The lowest BCUT2D eigenvalue weighted by molar-refractivity contribution is 0.0464. The van der Waals surface area contributed by atoms with Gasteiger partial charge in [0.15, 0.2) is 0 Å². The van der Waals surface area contributed by atoms with Crippen LogP contribution in [0.3, 0.4) is 0 Å². The number of halogens is 1. The molecule has 0 aliphatic heterocycles. The number of carbonyl (C=O) groups is 1. The van der Waals surface area contributed by atoms with E-state index in [2.05, 4.69) is 14.6 Å². The molecule has 0 atom stereocenters. The van der Waals surface area contributed by atoms with Crippen LogP contribution in [0.4, 0.5) is 0 Å². The number of thiazole rings is 1. The van der Waals surface area contributed by atoms with Gasteiger partial charge < -0.3 is 4.74 Å². The van der Waals surface area contributed by atoms with Crippen LogP contribution in [0.2, 0.25) is 4.34 Å². The molecule has 2 heterocycles. The van der Waals surface area contributed by atoms with Crippen molar-refractivity contribution in [3.05, 3.63) is 55.9 Å². The average Bonchev–Trinajstić information content (AvgIpc) is 3.19. The molecule has 3 aromatic rings. The fraction of sp³-hybridized carbons (Fsp3) is 0.200. The number of hydrogen-bond acceptors (Lipinski definition) is 8. The van der Waals surface area contributed by atoms with Crippen LogP contribution in [0.5, 0.6) is 0 Å². The average molecular weight is 398 g/mol. The van der Waals surface area contributed by atoms with Crippen molar-refractivity contribution in [1.29, 1.82) is 0 Å². The summed E-state index contributed by atoms with van der Waals surface area (Å²) < 4.78 is 9.45. The number of ether oxygens (including phenoxy) is 1. The Morgan fingerprint density at radius 3 is 2.92 bits per heavy atom. The highest BCUT2D eigenvalue weighted by molar-refractivity contribution is 7.98. The van der Waals surface area contributed by atoms with E-state index in [1.807, 2.05) is 30.5 Å². The second-order valence-corrected chi connectivity index (χ2v) is 8.15. The number of nitrogens with zero attached hydrogens (tertiary/aromatic N) is 3. The minimum absolute atomic E-state index is 0.0123. The first-order valence-electron chi connectivity index (χ1n) is 6.90. The lowest BCUT2D eigenvalue weighted by Gasteiger charge is -2.08. The summed E-state index contributed by atoms with van der Waals surface area (Å²) in [5.74, 6) is 0.299. The number of rotatable bonds is 6. The molecule has 0 amide bonds. The molecule has 3 rings (SSSR count). The van der Waals surface area contributed by atoms with Gasteiger partial charge in [-0.3, -0.25) is 0 Å². The van der Waals surface area contributed by atoms with E-state index in [1.54, 1.807) is 29.2 Å². The van der Waals surface area contributed by atoms with Crippen molar-refractivity contribution in [2.24, 2.45) is 0 Å². The maximum absolute atomic E-state index is 12.4. The van der Waals surface area contributed by atoms with Crippen molar-refractivity contribution in [2.75, 3.05) is 0 Å². The van der Waals surface area contributed by atoms with Gasteiger partial charge in [-0.2, -0.15) is 0 Å². The third-order valence-corrected chi connectivity index (χ3v) is 5.91. The van der Waals surface area contributed by atoms with Crippen molar-refractivity contribution in [2.45, 2.75) is 24.2 Å². The zero-order valence-electron chi connectivity index (χ0n) is 12.6. The summed E-state index contributed by atoms with van der Waals surface area (Å²) in [6.45, 7) is 1.99. The zero-order valence-corrected chi connectivity index (χ0v) is 15.8. The van der Waals surface area contributed by atoms with Crippen LogP contribution in [-0.4, -0.2) is 20.5 Å². The molecule has 0 N–H and O–H groups in total. The van der Waals surface area contributed by atoms with E-state index in [0.29, 0.717) is 21.3 Å². The van der Waals surface area contributed by atoms with Crippen LogP contribution in [0.15, 0.2) is 34.5 Å². The van der Waals surface area contributed by atoms with Gasteiger partial charge in [0.25, 0.3) is 0 Å². The van der Waals surface area contributed by atoms with Crippen molar-refractivity contribution in [1.82, 2.24) is 14.6 Å². The number of carbonyl (C=O) groups excluding carboxylic acids is 1. The molecule has 0 fully saturated rings. The van der Waals surface area contributed by atoms with Crippen molar-refractivity contribution in [3.63, 3.8) is 0 Å². The van der Waals surface area contributed by atoms with Crippen molar-refractivity contribution >= 4 is 52.2 Å². The van der Waals surface area contributed by atoms with Gasteiger partial charge in [-0.15, -0.1) is 28.2 Å². The fourth-order valence-electron chi connectivity index (χ4n) is 1.88. The fourth-order valence-corrected chi connectivity index (χ4v) is 4.13. The van der Waals surface area contributed by atoms with Crippen LogP contribution in [0.25, 0.3) is 0 Å². The number of aryl methyl sites for hydroxylation is 1. The van der Waals surface area contributed by atoms with Gasteiger partial charge in [0.2, 0.25) is 0 Å². The lowest BCUT2D eigenvalue weighted by atomic mass is 10.2.